The third kappa shape index (κ3) is 5.67. The molecule has 16 heteroatoms. The van der Waals surface area contributed by atoms with Crippen molar-refractivity contribution in [2.45, 2.75) is 37.1 Å². The van der Waals surface area contributed by atoms with Gasteiger partial charge in [0.1, 0.15) is 48.6 Å². The van der Waals surface area contributed by atoms with E-state index < -0.39 is 84.3 Å². The lowest BCUT2D eigenvalue weighted by Crippen LogP contribution is -2.60. The normalized spacial score (nSPS) is 22.0. The first-order valence-electron chi connectivity index (χ1n) is 12.4. The van der Waals surface area contributed by atoms with Crippen LogP contribution in [0.5, 0.6) is 17.2 Å². The zero-order valence-corrected chi connectivity index (χ0v) is 21.6. The molecule has 226 valence electrons. The van der Waals surface area contributed by atoms with E-state index in [1.54, 1.807) is 0 Å². The Morgan fingerprint density at radius 1 is 0.860 bits per heavy atom. The second-order valence-corrected chi connectivity index (χ2v) is 9.47. The third-order valence-corrected chi connectivity index (χ3v) is 6.52. The third-order valence-electron chi connectivity index (χ3n) is 6.52. The van der Waals surface area contributed by atoms with Gasteiger partial charge in [0.2, 0.25) is 12.1 Å². The summed E-state index contributed by atoms with van der Waals surface area (Å²) >= 11 is 0. The highest BCUT2D eigenvalue weighted by Crippen LogP contribution is 2.44. The van der Waals surface area contributed by atoms with Gasteiger partial charge in [0.15, 0.2) is 28.4 Å². The summed E-state index contributed by atoms with van der Waals surface area (Å²) < 4.78 is 27.6. The van der Waals surface area contributed by atoms with Gasteiger partial charge in [-0.3, -0.25) is 14.4 Å². The molecule has 5 rings (SSSR count). The maximum atomic E-state index is 12.4. The lowest BCUT2D eigenvalue weighted by Gasteiger charge is -2.40. The van der Waals surface area contributed by atoms with Crippen molar-refractivity contribution >= 4 is 39.8 Å². The molecule has 3 heterocycles. The SMILES string of the molecule is O=C(O)CC(=O)OC[C@H]1O[C@@H](Oc2c(-c3ccc(O)c(O)c3)oc3cc(=O)cc4oc(C(=O)O)cc2c43)[C@H](O)[C@H](O)[C@@H]1O. The number of benzene rings is 2. The van der Waals surface area contributed by atoms with Crippen LogP contribution in [0.3, 0.4) is 0 Å². The van der Waals surface area contributed by atoms with Crippen LogP contribution >= 0.6 is 0 Å². The summed E-state index contributed by atoms with van der Waals surface area (Å²) in [5, 5.41) is 70.0. The van der Waals surface area contributed by atoms with Gasteiger partial charge >= 0.3 is 17.9 Å². The Balaban J connectivity index is 1.65. The molecule has 1 aliphatic rings. The summed E-state index contributed by atoms with van der Waals surface area (Å²) in [5.41, 5.74) is -0.893. The van der Waals surface area contributed by atoms with Gasteiger partial charge < -0.3 is 58.8 Å². The van der Waals surface area contributed by atoms with Crippen LogP contribution in [0.4, 0.5) is 0 Å². The van der Waals surface area contributed by atoms with E-state index in [0.29, 0.717) is 0 Å². The Kier molecular flexibility index (Phi) is 7.68. The number of ether oxygens (including phenoxy) is 3. The predicted octanol–water partition coefficient (Wildman–Crippen LogP) is 0.520. The van der Waals surface area contributed by atoms with E-state index >= 15 is 0 Å². The highest BCUT2D eigenvalue weighted by molar-refractivity contribution is 6.11. The molecule has 0 amide bonds. The smallest absolute Gasteiger partial charge is 0.371 e. The Bertz CT molecular complexity index is 1800. The summed E-state index contributed by atoms with van der Waals surface area (Å²) in [5.74, 6) is -6.53. The Morgan fingerprint density at radius 2 is 1.56 bits per heavy atom. The molecule has 4 aromatic rings. The van der Waals surface area contributed by atoms with Crippen LogP contribution in [-0.4, -0.2) is 91.0 Å². The van der Waals surface area contributed by atoms with E-state index in [0.717, 1.165) is 30.3 Å². The van der Waals surface area contributed by atoms with Crippen LogP contribution < -0.4 is 10.2 Å². The largest absolute Gasteiger partial charge is 0.504 e. The van der Waals surface area contributed by atoms with Crippen LogP contribution in [0.2, 0.25) is 0 Å². The van der Waals surface area contributed by atoms with E-state index in [9.17, 15) is 49.8 Å². The van der Waals surface area contributed by atoms with E-state index in [1.807, 2.05) is 0 Å². The van der Waals surface area contributed by atoms with Crippen LogP contribution in [0, 0.1) is 0 Å². The average molecular weight is 602 g/mol. The number of carboxylic acids is 2. The highest BCUT2D eigenvalue weighted by Gasteiger charge is 2.46. The summed E-state index contributed by atoms with van der Waals surface area (Å²) in [6.45, 7) is -0.752. The van der Waals surface area contributed by atoms with E-state index in [1.165, 1.54) is 6.07 Å². The van der Waals surface area contributed by atoms with Crippen molar-refractivity contribution in [3.63, 3.8) is 0 Å². The van der Waals surface area contributed by atoms with Gasteiger partial charge in [-0.2, -0.15) is 0 Å². The molecule has 43 heavy (non-hydrogen) atoms. The number of rotatable bonds is 8. The summed E-state index contributed by atoms with van der Waals surface area (Å²) in [7, 11) is 0. The monoisotopic (exact) mass is 602 g/mol. The van der Waals surface area contributed by atoms with Gasteiger partial charge in [0, 0.05) is 29.1 Å². The Hall–Kier alpha value is -5.16. The topological polar surface area (TPSA) is 264 Å². The molecule has 16 nitrogen and oxygen atoms in total. The molecule has 2 aromatic heterocycles. The molecular formula is C27H22O16. The number of carbonyl (C=O) groups is 3. The van der Waals surface area contributed by atoms with Gasteiger partial charge in [-0.05, 0) is 18.2 Å². The maximum Gasteiger partial charge on any atom is 0.371 e. The molecule has 0 saturated carbocycles. The average Bonchev–Trinajstić information content (AvgIpc) is 2.94. The van der Waals surface area contributed by atoms with Crippen LogP contribution in [0.25, 0.3) is 33.3 Å². The van der Waals surface area contributed by atoms with Gasteiger partial charge in [0.25, 0.3) is 0 Å². The first-order chi connectivity index (χ1) is 20.3. The van der Waals surface area contributed by atoms with Gasteiger partial charge in [-0.25, -0.2) is 4.79 Å². The lowest BCUT2D eigenvalue weighted by atomic mass is 9.99. The molecule has 1 fully saturated rings. The molecule has 0 unspecified atom stereocenters. The molecule has 1 aliphatic heterocycles. The zero-order valence-electron chi connectivity index (χ0n) is 21.6. The first-order valence-corrected chi connectivity index (χ1v) is 12.4. The molecule has 1 saturated heterocycles. The van der Waals surface area contributed by atoms with Crippen molar-refractivity contribution in [2.75, 3.05) is 6.61 Å². The van der Waals surface area contributed by atoms with Gasteiger partial charge in [0.05, 0.1) is 5.39 Å². The minimum Gasteiger partial charge on any atom is -0.504 e. The Morgan fingerprint density at radius 3 is 2.21 bits per heavy atom. The molecule has 0 aliphatic carbocycles. The van der Waals surface area contributed by atoms with Crippen molar-refractivity contribution in [3.8, 4) is 28.6 Å². The van der Waals surface area contributed by atoms with Crippen molar-refractivity contribution in [2.24, 2.45) is 0 Å². The number of hydrogen-bond acceptors (Lipinski definition) is 14. The molecule has 0 radical (unpaired) electrons. The first kappa shape index (κ1) is 29.3. The molecule has 0 bridgehead atoms. The van der Waals surface area contributed by atoms with E-state index in [4.69, 9.17) is 28.2 Å². The van der Waals surface area contributed by atoms with Crippen molar-refractivity contribution in [3.05, 3.63) is 52.4 Å². The standard InChI is InChI=1S/C27H22O16/c28-10-4-14-20-11(6-16(40-14)26(37)38)25(24(41-15(20)5-10)9-1-2-12(29)13(30)3-9)43-27-23(36)22(35)21(34)17(42-27)8-39-19(33)7-18(31)32/h1-6,17,21-23,27,29-30,34-36H,7-8H2,(H,31,32)(H,37,38)/t17-,21-,22-,23-,27+/m1/s1. The number of aliphatic hydroxyl groups is 3. The number of carbonyl (C=O) groups excluding carboxylic acids is 1. The number of phenolic OH excluding ortho intramolecular Hbond substituents is 2. The molecule has 5 atom stereocenters. The lowest BCUT2D eigenvalue weighted by molar-refractivity contribution is -0.278. The number of aromatic hydroxyl groups is 2. The van der Waals surface area contributed by atoms with Crippen molar-refractivity contribution in [1.29, 1.82) is 0 Å². The number of carboxylic acid groups (broad SMARTS) is 2. The molecular weight excluding hydrogens is 580 g/mol. The van der Waals surface area contributed by atoms with Crippen LogP contribution in [-0.2, 0) is 19.1 Å². The number of aliphatic hydroxyl groups excluding tert-OH is 3. The minimum atomic E-state index is -1.96. The quantitative estimate of drug-likeness (QED) is 0.0823. The number of esters is 1. The zero-order chi connectivity index (χ0) is 31.2. The van der Waals surface area contributed by atoms with Gasteiger partial charge in [-0.15, -0.1) is 0 Å². The highest BCUT2D eigenvalue weighted by atomic mass is 16.7. The van der Waals surface area contributed by atoms with E-state index in [-0.39, 0.29) is 39.0 Å². The number of phenols is 2. The second-order valence-electron chi connectivity index (χ2n) is 9.47. The van der Waals surface area contributed by atoms with Crippen LogP contribution in [0.1, 0.15) is 17.0 Å². The summed E-state index contributed by atoms with van der Waals surface area (Å²) in [6, 6.07) is 6.55. The number of aliphatic carboxylic acids is 1. The summed E-state index contributed by atoms with van der Waals surface area (Å²) in [4.78, 5) is 46.7. The summed E-state index contributed by atoms with van der Waals surface area (Å²) in [6.07, 6.45) is -10.1. The van der Waals surface area contributed by atoms with Crippen molar-refractivity contribution in [1.82, 2.24) is 0 Å². The molecule has 2 aromatic carbocycles. The van der Waals surface area contributed by atoms with Gasteiger partial charge in [-0.1, -0.05) is 0 Å². The molecule has 0 spiro atoms. The Labute approximate surface area is 238 Å². The fourth-order valence-electron chi connectivity index (χ4n) is 4.50. The fraction of sp³-hybridized carbons (Fsp3) is 0.259. The number of hydrogen-bond donors (Lipinski definition) is 7. The van der Waals surface area contributed by atoms with E-state index in [2.05, 4.69) is 0 Å². The maximum absolute atomic E-state index is 12.4. The second kappa shape index (κ2) is 11.3. The fourth-order valence-corrected chi connectivity index (χ4v) is 4.50. The van der Waals surface area contributed by atoms with Crippen molar-refractivity contribution < 1.29 is 73.2 Å². The molecule has 7 N–H and O–H groups in total. The van der Waals surface area contributed by atoms with Crippen LogP contribution in [0.15, 0.2) is 50.0 Å². The minimum absolute atomic E-state index is 0.0306. The number of aromatic carboxylic acids is 1. The predicted molar refractivity (Wildman–Crippen MR) is 139 cm³/mol.